The molecule has 0 saturated heterocycles. The van der Waals surface area contributed by atoms with Gasteiger partial charge in [-0.05, 0) is 65.1 Å². The summed E-state index contributed by atoms with van der Waals surface area (Å²) in [5, 5.41) is 4.32. The minimum absolute atomic E-state index is 0.333. The largest absolute Gasteiger partial charge is 0.455 e. The Hall–Kier alpha value is -6.52. The van der Waals surface area contributed by atoms with Crippen LogP contribution in [0.1, 0.15) is 28.3 Å². The van der Waals surface area contributed by atoms with Crippen LogP contribution in [0, 0.1) is 0 Å². The summed E-state index contributed by atoms with van der Waals surface area (Å²) in [6.07, 6.45) is 2.27. The Balaban J connectivity index is 1.37. The van der Waals surface area contributed by atoms with Crippen molar-refractivity contribution in [1.29, 1.82) is 0 Å². The zero-order valence-electron chi connectivity index (χ0n) is 26.5. The SMILES string of the molecule is C1=C2C(c3ccccc3)=NC(c3ccccc3)=NC2c2cc3c(oc4cccc(c43)N(c3ccccc3)c3ccc1cc3)c1ccccc21. The molecule has 4 nitrogen and oxygen atoms in total. The molecule has 11 rings (SSSR count). The van der Waals surface area contributed by atoms with E-state index < -0.39 is 0 Å². The third kappa shape index (κ3) is 4.45. The number of furan rings is 1. The lowest BCUT2D eigenvalue weighted by molar-refractivity contribution is 0.672. The van der Waals surface area contributed by atoms with Gasteiger partial charge < -0.3 is 9.32 Å². The maximum absolute atomic E-state index is 6.79. The first kappa shape index (κ1) is 27.6. The summed E-state index contributed by atoms with van der Waals surface area (Å²) < 4.78 is 6.79. The molecule has 3 aliphatic rings. The highest BCUT2D eigenvalue weighted by Gasteiger charge is 2.31. The molecule has 0 fully saturated rings. The molecule has 0 radical (unpaired) electrons. The second-order valence-corrected chi connectivity index (χ2v) is 12.6. The fourth-order valence-corrected chi connectivity index (χ4v) is 7.43. The van der Waals surface area contributed by atoms with Gasteiger partial charge in [0.05, 0.1) is 16.8 Å². The summed E-state index contributed by atoms with van der Waals surface area (Å²) >= 11 is 0. The minimum Gasteiger partial charge on any atom is -0.455 e. The van der Waals surface area contributed by atoms with E-state index in [1.165, 1.54) is 0 Å². The Labute approximate surface area is 283 Å². The quantitative estimate of drug-likeness (QED) is 0.196. The summed E-state index contributed by atoms with van der Waals surface area (Å²) in [7, 11) is 0. The van der Waals surface area contributed by atoms with Gasteiger partial charge >= 0.3 is 0 Å². The van der Waals surface area contributed by atoms with E-state index in [4.69, 9.17) is 14.4 Å². The first-order valence-electron chi connectivity index (χ1n) is 16.6. The molecule has 8 aromatic rings. The molecule has 0 N–H and O–H groups in total. The maximum Gasteiger partial charge on any atom is 0.156 e. The first-order valence-corrected chi connectivity index (χ1v) is 16.6. The van der Waals surface area contributed by atoms with Crippen LogP contribution in [-0.4, -0.2) is 11.5 Å². The molecule has 49 heavy (non-hydrogen) atoms. The zero-order chi connectivity index (χ0) is 32.3. The Morgan fingerprint density at radius 3 is 1.96 bits per heavy atom. The Bertz CT molecular complexity index is 2630. The van der Waals surface area contributed by atoms with E-state index in [9.17, 15) is 0 Å². The average molecular weight is 628 g/mol. The fraction of sp³-hybridized carbons (Fsp3) is 0.0222. The van der Waals surface area contributed by atoms with Crippen molar-refractivity contribution < 1.29 is 4.42 Å². The topological polar surface area (TPSA) is 41.1 Å². The van der Waals surface area contributed by atoms with E-state index in [2.05, 4.69) is 157 Å². The molecule has 1 unspecified atom stereocenters. The Morgan fingerprint density at radius 1 is 0.551 bits per heavy atom. The third-order valence-corrected chi connectivity index (χ3v) is 9.65. The van der Waals surface area contributed by atoms with Crippen LogP contribution in [0.5, 0.6) is 0 Å². The Morgan fingerprint density at radius 2 is 1.20 bits per heavy atom. The minimum atomic E-state index is -0.333. The lowest BCUT2D eigenvalue weighted by Gasteiger charge is -2.26. The molecule has 4 heteroatoms. The second kappa shape index (κ2) is 11.0. The van der Waals surface area contributed by atoms with Crippen LogP contribution >= 0.6 is 0 Å². The van der Waals surface area contributed by atoms with Crippen molar-refractivity contribution in [3.63, 3.8) is 0 Å². The van der Waals surface area contributed by atoms with Crippen molar-refractivity contribution in [3.05, 3.63) is 192 Å². The standard InChI is InChI=1S/C45H29N3O/c1-4-13-30(14-5-1)42-38-27-29-23-25-33(26-24-29)48(32-17-8-3-9-18-32)39-21-12-22-40-41(39)37-28-36(34-19-10-11-20-35(34)44(37)49-40)43(38)47-45(46-42)31-15-6-2-7-16-31/h1-28,43H. The number of fused-ring (bicyclic) bond motifs is 4. The zero-order valence-corrected chi connectivity index (χ0v) is 26.5. The molecule has 0 spiro atoms. The first-order chi connectivity index (χ1) is 24.3. The van der Waals surface area contributed by atoms with Crippen LogP contribution in [0.15, 0.2) is 184 Å². The normalized spacial score (nSPS) is 15.5. The molecule has 1 atom stereocenters. The van der Waals surface area contributed by atoms with Gasteiger partial charge in [-0.15, -0.1) is 0 Å². The number of rotatable bonds is 3. The lowest BCUT2D eigenvalue weighted by Crippen LogP contribution is -2.21. The smallest absolute Gasteiger partial charge is 0.156 e. The molecule has 7 aromatic carbocycles. The fourth-order valence-electron chi connectivity index (χ4n) is 7.43. The van der Waals surface area contributed by atoms with Gasteiger partial charge in [-0.25, -0.2) is 4.99 Å². The number of hydrogen-bond donors (Lipinski definition) is 0. The summed E-state index contributed by atoms with van der Waals surface area (Å²) in [5.41, 5.74) is 11.2. The summed E-state index contributed by atoms with van der Waals surface area (Å²) in [4.78, 5) is 13.2. The van der Waals surface area contributed by atoms with Crippen LogP contribution in [0.3, 0.4) is 0 Å². The van der Waals surface area contributed by atoms with Gasteiger partial charge in [-0.1, -0.05) is 121 Å². The number of aliphatic imine (C=N–C) groups is 2. The van der Waals surface area contributed by atoms with E-state index in [0.29, 0.717) is 0 Å². The molecule has 4 heterocycles. The van der Waals surface area contributed by atoms with Crippen LogP contribution in [0.4, 0.5) is 17.1 Å². The second-order valence-electron chi connectivity index (χ2n) is 12.6. The van der Waals surface area contributed by atoms with E-state index in [1.54, 1.807) is 0 Å². The van der Waals surface area contributed by atoms with Gasteiger partial charge in [0.2, 0.25) is 0 Å². The monoisotopic (exact) mass is 627 g/mol. The number of nitrogens with zero attached hydrogens (tertiary/aromatic N) is 3. The summed E-state index contributed by atoms with van der Waals surface area (Å²) in [6.45, 7) is 0. The number of benzene rings is 7. The van der Waals surface area contributed by atoms with E-state index >= 15 is 0 Å². The van der Waals surface area contributed by atoms with Gasteiger partial charge in [0, 0.05) is 38.8 Å². The predicted octanol–water partition coefficient (Wildman–Crippen LogP) is 11.6. The average Bonchev–Trinajstić information content (AvgIpc) is 3.56. The molecular weight excluding hydrogens is 599 g/mol. The summed E-state index contributed by atoms with van der Waals surface area (Å²) in [6, 6.07) is 57.1. The van der Waals surface area contributed by atoms with Gasteiger partial charge in [0.15, 0.2) is 5.84 Å². The highest BCUT2D eigenvalue weighted by atomic mass is 16.3. The van der Waals surface area contributed by atoms with Crippen molar-refractivity contribution in [1.82, 2.24) is 0 Å². The predicted molar refractivity (Wildman–Crippen MR) is 203 cm³/mol. The number of amidine groups is 1. The van der Waals surface area contributed by atoms with Gasteiger partial charge in [0.1, 0.15) is 17.2 Å². The van der Waals surface area contributed by atoms with Crippen molar-refractivity contribution in [3.8, 4) is 0 Å². The molecule has 4 bridgehead atoms. The van der Waals surface area contributed by atoms with Crippen molar-refractivity contribution in [2.24, 2.45) is 9.98 Å². The van der Waals surface area contributed by atoms with Gasteiger partial charge in [-0.3, -0.25) is 4.99 Å². The van der Waals surface area contributed by atoms with E-state index in [-0.39, 0.29) is 6.04 Å². The Kier molecular flexibility index (Phi) is 6.21. The highest BCUT2D eigenvalue weighted by molar-refractivity contribution is 6.25. The molecule has 230 valence electrons. The molecule has 1 aromatic heterocycles. The van der Waals surface area contributed by atoms with Crippen LogP contribution in [-0.2, 0) is 0 Å². The van der Waals surface area contributed by atoms with Crippen molar-refractivity contribution in [2.45, 2.75) is 6.04 Å². The van der Waals surface area contributed by atoms with Gasteiger partial charge in [0.25, 0.3) is 0 Å². The van der Waals surface area contributed by atoms with Gasteiger partial charge in [-0.2, -0.15) is 0 Å². The molecular formula is C45H29N3O. The van der Waals surface area contributed by atoms with Crippen LogP contribution in [0.2, 0.25) is 0 Å². The number of anilines is 3. The molecule has 0 aliphatic carbocycles. The molecule has 3 aliphatic heterocycles. The van der Waals surface area contributed by atoms with E-state index in [1.807, 2.05) is 18.2 Å². The van der Waals surface area contributed by atoms with Crippen molar-refractivity contribution in [2.75, 3.05) is 4.90 Å². The van der Waals surface area contributed by atoms with Crippen LogP contribution in [0.25, 0.3) is 38.8 Å². The molecule has 0 saturated carbocycles. The highest BCUT2D eigenvalue weighted by Crippen LogP contribution is 2.47. The third-order valence-electron chi connectivity index (χ3n) is 9.65. The number of hydrogen-bond acceptors (Lipinski definition) is 4. The summed E-state index contributed by atoms with van der Waals surface area (Å²) in [5.74, 6) is 0.721. The lowest BCUT2D eigenvalue weighted by atomic mass is 9.86. The maximum atomic E-state index is 6.79. The molecule has 0 amide bonds. The van der Waals surface area contributed by atoms with Crippen molar-refractivity contribution >= 4 is 67.4 Å². The van der Waals surface area contributed by atoms with E-state index in [0.717, 1.165) is 89.1 Å². The number of para-hydroxylation sites is 1. The van der Waals surface area contributed by atoms with Crippen LogP contribution < -0.4 is 4.90 Å².